The van der Waals surface area contributed by atoms with Crippen LogP contribution in [-0.4, -0.2) is 32.3 Å². The van der Waals surface area contributed by atoms with E-state index in [2.05, 4.69) is 40.8 Å². The maximum absolute atomic E-state index is 12.4. The highest BCUT2D eigenvalue weighted by Gasteiger charge is 2.37. The van der Waals surface area contributed by atoms with Crippen LogP contribution in [0, 0.1) is 5.92 Å². The third kappa shape index (κ3) is 3.61. The molecule has 0 saturated carbocycles. The van der Waals surface area contributed by atoms with Crippen molar-refractivity contribution in [1.82, 2.24) is 4.90 Å². The molecule has 0 bridgehead atoms. The van der Waals surface area contributed by atoms with Crippen LogP contribution in [0.5, 0.6) is 0 Å². The summed E-state index contributed by atoms with van der Waals surface area (Å²) in [6.07, 6.45) is 0. The molecule has 1 aliphatic rings. The molecule has 1 unspecified atom stereocenters. The number of rotatable bonds is 5. The fraction of sp³-hybridized carbons (Fsp3) is 0.611. The van der Waals surface area contributed by atoms with Crippen molar-refractivity contribution in [2.45, 2.75) is 52.4 Å². The Kier molecular flexibility index (Phi) is 4.83. The lowest BCUT2D eigenvalue weighted by atomic mass is 10.1. The summed E-state index contributed by atoms with van der Waals surface area (Å²) in [6, 6.07) is 7.91. The Balaban J connectivity index is 1.89. The number of fused-ring (bicyclic) bond motifs is 1. The second kappa shape index (κ2) is 6.17. The first kappa shape index (κ1) is 17.2. The zero-order valence-corrected chi connectivity index (χ0v) is 15.8. The zero-order valence-electron chi connectivity index (χ0n) is 14.8. The van der Waals surface area contributed by atoms with Crippen molar-refractivity contribution in [3.05, 3.63) is 35.4 Å². The molecule has 1 atom stereocenters. The summed E-state index contributed by atoms with van der Waals surface area (Å²) in [7, 11) is -1.71. The predicted molar refractivity (Wildman–Crippen MR) is 93.5 cm³/mol. The Morgan fingerprint density at radius 3 is 2.50 bits per heavy atom. The monoisotopic (exact) mass is 319 g/mol. The molecule has 0 saturated heterocycles. The number of hydrogen-bond donors (Lipinski definition) is 0. The normalized spacial score (nSPS) is 16.8. The minimum absolute atomic E-state index is 0.162. The summed E-state index contributed by atoms with van der Waals surface area (Å²) >= 11 is 0. The Labute approximate surface area is 135 Å². The number of hydrogen-bond acceptors (Lipinski definition) is 2. The van der Waals surface area contributed by atoms with Crippen molar-refractivity contribution in [3.63, 3.8) is 0 Å². The van der Waals surface area contributed by atoms with Gasteiger partial charge in [0.2, 0.25) is 0 Å². The maximum atomic E-state index is 12.4. The summed E-state index contributed by atoms with van der Waals surface area (Å²) in [5, 5.41) is 0.229. The molecule has 0 aromatic heterocycles. The summed E-state index contributed by atoms with van der Waals surface area (Å²) in [6.45, 7) is 15.7. The molecule has 1 aliphatic heterocycles. The molecule has 0 aliphatic carbocycles. The Hall–Kier alpha value is -1.13. The van der Waals surface area contributed by atoms with Gasteiger partial charge in [0.15, 0.2) is 8.32 Å². The van der Waals surface area contributed by atoms with Gasteiger partial charge >= 0.3 is 0 Å². The van der Waals surface area contributed by atoms with Crippen molar-refractivity contribution in [2.75, 3.05) is 13.2 Å². The molecule has 0 N–H and O–H groups in total. The first-order chi connectivity index (χ1) is 10.1. The fourth-order valence-corrected chi connectivity index (χ4v) is 3.59. The molecular weight excluding hydrogens is 290 g/mol. The minimum Gasteiger partial charge on any atom is -0.416 e. The van der Waals surface area contributed by atoms with E-state index in [1.165, 1.54) is 0 Å². The van der Waals surface area contributed by atoms with E-state index in [9.17, 15) is 4.79 Å². The van der Waals surface area contributed by atoms with Crippen LogP contribution in [0.2, 0.25) is 18.1 Å². The molecule has 1 heterocycles. The van der Waals surface area contributed by atoms with Gasteiger partial charge < -0.3 is 9.33 Å². The van der Waals surface area contributed by atoms with E-state index in [0.29, 0.717) is 5.92 Å². The lowest BCUT2D eigenvalue weighted by Crippen LogP contribution is -2.42. The Morgan fingerprint density at radius 2 is 1.91 bits per heavy atom. The van der Waals surface area contributed by atoms with Gasteiger partial charge in [0.25, 0.3) is 5.91 Å². The van der Waals surface area contributed by atoms with Crippen molar-refractivity contribution in [3.8, 4) is 0 Å². The summed E-state index contributed by atoms with van der Waals surface area (Å²) in [5.74, 6) is 0.516. The largest absolute Gasteiger partial charge is 0.416 e. The molecule has 0 radical (unpaired) electrons. The molecule has 3 nitrogen and oxygen atoms in total. The number of carbonyl (C=O) groups excluding carboxylic acids is 1. The van der Waals surface area contributed by atoms with Crippen LogP contribution in [0.3, 0.4) is 0 Å². The molecular formula is C18H29NO2Si. The van der Waals surface area contributed by atoms with Crippen molar-refractivity contribution in [1.29, 1.82) is 0 Å². The second-order valence-corrected chi connectivity index (χ2v) is 12.8. The van der Waals surface area contributed by atoms with Crippen LogP contribution < -0.4 is 0 Å². The van der Waals surface area contributed by atoms with Gasteiger partial charge in [0.05, 0.1) is 0 Å². The highest BCUT2D eigenvalue weighted by atomic mass is 28.4. The van der Waals surface area contributed by atoms with Crippen molar-refractivity contribution < 1.29 is 9.22 Å². The standard InChI is InChI=1S/C18H29NO2Si/c1-14(13-21-22(5,6)18(2,3)4)11-19-12-15-9-7-8-10-16(15)17(19)20/h7-10,14H,11-13H2,1-6H3. The lowest BCUT2D eigenvalue weighted by molar-refractivity contribution is 0.0735. The van der Waals surface area contributed by atoms with Gasteiger partial charge in [-0.1, -0.05) is 45.9 Å². The van der Waals surface area contributed by atoms with Crippen LogP contribution in [0.15, 0.2) is 24.3 Å². The SMILES string of the molecule is CC(CO[Si](C)(C)C(C)(C)C)CN1Cc2ccccc2C1=O. The average molecular weight is 320 g/mol. The fourth-order valence-electron chi connectivity index (χ4n) is 2.46. The first-order valence-corrected chi connectivity index (χ1v) is 11.0. The number of amides is 1. The van der Waals surface area contributed by atoms with Crippen LogP contribution in [0.25, 0.3) is 0 Å². The van der Waals surface area contributed by atoms with Gasteiger partial charge in [0.1, 0.15) is 0 Å². The third-order valence-corrected chi connectivity index (χ3v) is 9.46. The quantitative estimate of drug-likeness (QED) is 0.757. The van der Waals surface area contributed by atoms with E-state index < -0.39 is 8.32 Å². The predicted octanol–water partition coefficient (Wildman–Crippen LogP) is 4.30. The summed E-state index contributed by atoms with van der Waals surface area (Å²) < 4.78 is 6.28. The minimum atomic E-state index is -1.71. The number of carbonyl (C=O) groups is 1. The van der Waals surface area contributed by atoms with Gasteiger partial charge in [-0.2, -0.15) is 0 Å². The van der Waals surface area contributed by atoms with E-state index in [1.54, 1.807) is 0 Å². The van der Waals surface area contributed by atoms with Gasteiger partial charge in [-0.25, -0.2) is 0 Å². The first-order valence-electron chi connectivity index (χ1n) is 8.13. The van der Waals surface area contributed by atoms with E-state index >= 15 is 0 Å². The molecule has 2 rings (SSSR count). The van der Waals surface area contributed by atoms with Gasteiger partial charge in [-0.15, -0.1) is 0 Å². The van der Waals surface area contributed by atoms with Gasteiger partial charge in [-0.05, 0) is 35.7 Å². The smallest absolute Gasteiger partial charge is 0.254 e. The molecule has 0 spiro atoms. The van der Waals surface area contributed by atoms with Crippen LogP contribution in [0.1, 0.15) is 43.6 Å². The van der Waals surface area contributed by atoms with E-state index in [4.69, 9.17) is 4.43 Å². The topological polar surface area (TPSA) is 29.5 Å². The van der Waals surface area contributed by atoms with Crippen molar-refractivity contribution >= 4 is 14.2 Å². The van der Waals surface area contributed by atoms with Gasteiger partial charge in [0, 0.05) is 25.3 Å². The van der Waals surface area contributed by atoms with Crippen LogP contribution >= 0.6 is 0 Å². The van der Waals surface area contributed by atoms with E-state index in [-0.39, 0.29) is 10.9 Å². The summed E-state index contributed by atoms with van der Waals surface area (Å²) in [4.78, 5) is 14.3. The molecule has 122 valence electrons. The van der Waals surface area contributed by atoms with E-state index in [1.807, 2.05) is 29.2 Å². The average Bonchev–Trinajstić information content (AvgIpc) is 2.73. The molecule has 4 heteroatoms. The molecule has 22 heavy (non-hydrogen) atoms. The molecule has 1 amide bonds. The summed E-state index contributed by atoms with van der Waals surface area (Å²) in [5.41, 5.74) is 2.00. The Bertz CT molecular complexity index is 548. The van der Waals surface area contributed by atoms with Crippen LogP contribution in [-0.2, 0) is 11.0 Å². The zero-order chi connectivity index (χ0) is 16.5. The lowest BCUT2D eigenvalue weighted by Gasteiger charge is -2.37. The highest BCUT2D eigenvalue weighted by molar-refractivity contribution is 6.74. The molecule has 1 aromatic carbocycles. The van der Waals surface area contributed by atoms with E-state index in [0.717, 1.165) is 30.8 Å². The van der Waals surface area contributed by atoms with Crippen LogP contribution in [0.4, 0.5) is 0 Å². The number of nitrogens with zero attached hydrogens (tertiary/aromatic N) is 1. The Morgan fingerprint density at radius 1 is 1.27 bits per heavy atom. The van der Waals surface area contributed by atoms with Crippen molar-refractivity contribution in [2.24, 2.45) is 5.92 Å². The molecule has 1 aromatic rings. The molecule has 0 fully saturated rings. The highest BCUT2D eigenvalue weighted by Crippen LogP contribution is 2.36. The second-order valence-electron chi connectivity index (χ2n) is 8.02. The van der Waals surface area contributed by atoms with Gasteiger partial charge in [-0.3, -0.25) is 4.79 Å². The third-order valence-electron chi connectivity index (χ3n) is 4.96. The number of benzene rings is 1. The maximum Gasteiger partial charge on any atom is 0.254 e.